The van der Waals surface area contributed by atoms with E-state index in [0.29, 0.717) is 6.04 Å². The minimum atomic E-state index is 0. The molecule has 2 aliphatic heterocycles. The molecule has 0 aliphatic carbocycles. The van der Waals surface area contributed by atoms with Crippen molar-refractivity contribution in [1.29, 1.82) is 0 Å². The molecule has 0 unspecified atom stereocenters. The molecule has 5 nitrogen and oxygen atoms in total. The molecule has 2 heterocycles. The van der Waals surface area contributed by atoms with Gasteiger partial charge in [-0.05, 0) is 42.7 Å². The largest absolute Gasteiger partial charge is 0.371 e. The minimum Gasteiger partial charge on any atom is -0.371 e. The molecule has 2 aliphatic rings. The molecule has 0 amide bonds. The molecule has 6 heteroatoms. The average Bonchev–Trinajstić information content (AvgIpc) is 3.33. The second-order valence-corrected chi connectivity index (χ2v) is 7.71. The molecule has 0 spiro atoms. The lowest BCUT2D eigenvalue weighted by molar-refractivity contribution is 0.461. The Bertz CT molecular complexity index is 818. The summed E-state index contributed by atoms with van der Waals surface area (Å²) in [7, 11) is 1.85. The van der Waals surface area contributed by atoms with Crippen LogP contribution in [0.4, 0.5) is 11.4 Å². The van der Waals surface area contributed by atoms with Crippen molar-refractivity contribution in [2.45, 2.75) is 25.4 Å². The second-order valence-electron chi connectivity index (χ2n) is 7.71. The van der Waals surface area contributed by atoms with Crippen molar-refractivity contribution < 1.29 is 0 Å². The summed E-state index contributed by atoms with van der Waals surface area (Å²) in [6.45, 7) is 4.95. The number of hydrogen-bond acceptors (Lipinski definition) is 3. The summed E-state index contributed by atoms with van der Waals surface area (Å²) in [5.74, 6) is 0.885. The fourth-order valence-corrected chi connectivity index (χ4v) is 4.01. The maximum atomic E-state index is 4.42. The van der Waals surface area contributed by atoms with Crippen LogP contribution in [0, 0.1) is 0 Å². The third-order valence-electron chi connectivity index (χ3n) is 5.76. The van der Waals surface area contributed by atoms with Gasteiger partial charge in [0.2, 0.25) is 0 Å². The lowest BCUT2D eigenvalue weighted by atomic mass is 10.0. The highest BCUT2D eigenvalue weighted by atomic mass is 127. The Hall–Kier alpha value is -2.22. The number of nitrogens with zero attached hydrogens (tertiary/aromatic N) is 3. The molecular weight excluding hydrogens is 485 g/mol. The van der Waals surface area contributed by atoms with Gasteiger partial charge in [-0.15, -0.1) is 24.0 Å². The molecule has 0 atom stereocenters. The fraction of sp³-hybridized carbons (Fsp3) is 0.375. The first-order valence-corrected chi connectivity index (χ1v) is 10.6. The van der Waals surface area contributed by atoms with Gasteiger partial charge in [-0.3, -0.25) is 4.99 Å². The van der Waals surface area contributed by atoms with Gasteiger partial charge in [0.1, 0.15) is 0 Å². The van der Waals surface area contributed by atoms with Crippen molar-refractivity contribution in [1.82, 2.24) is 10.6 Å². The fourth-order valence-electron chi connectivity index (χ4n) is 4.01. The van der Waals surface area contributed by atoms with Gasteiger partial charge in [-0.25, -0.2) is 0 Å². The van der Waals surface area contributed by atoms with Crippen LogP contribution in [0.15, 0.2) is 71.7 Å². The van der Waals surface area contributed by atoms with Crippen LogP contribution in [0.5, 0.6) is 0 Å². The van der Waals surface area contributed by atoms with Gasteiger partial charge < -0.3 is 20.4 Å². The molecule has 30 heavy (non-hydrogen) atoms. The van der Waals surface area contributed by atoms with Gasteiger partial charge >= 0.3 is 0 Å². The summed E-state index contributed by atoms with van der Waals surface area (Å²) in [6.07, 6.45) is 6.67. The number of rotatable bonds is 5. The molecule has 2 aromatic carbocycles. The van der Waals surface area contributed by atoms with Crippen LogP contribution >= 0.6 is 24.0 Å². The molecule has 1 saturated heterocycles. The Labute approximate surface area is 197 Å². The predicted molar refractivity (Wildman–Crippen MR) is 138 cm³/mol. The molecule has 0 bridgehead atoms. The zero-order valence-corrected chi connectivity index (χ0v) is 20.0. The van der Waals surface area contributed by atoms with E-state index in [-0.39, 0.29) is 24.0 Å². The number of piperidine rings is 1. The Morgan fingerprint density at radius 3 is 2.17 bits per heavy atom. The summed E-state index contributed by atoms with van der Waals surface area (Å²) < 4.78 is 0. The number of aliphatic imine (C=N–C) groups is 1. The summed E-state index contributed by atoms with van der Waals surface area (Å²) in [4.78, 5) is 9.24. The Kier molecular flexibility index (Phi) is 8.42. The lowest BCUT2D eigenvalue weighted by Crippen LogP contribution is -2.48. The highest BCUT2D eigenvalue weighted by Crippen LogP contribution is 2.20. The first-order valence-electron chi connectivity index (χ1n) is 10.6. The number of benzene rings is 2. The Morgan fingerprint density at radius 2 is 1.53 bits per heavy atom. The third kappa shape index (κ3) is 5.90. The number of anilines is 2. The van der Waals surface area contributed by atoms with Gasteiger partial charge in [0.15, 0.2) is 5.96 Å². The third-order valence-corrected chi connectivity index (χ3v) is 5.76. The quantitative estimate of drug-likeness (QED) is 0.272. The number of para-hydroxylation sites is 1. The molecular formula is C24H32IN5. The van der Waals surface area contributed by atoms with Crippen LogP contribution in [0.25, 0.3) is 0 Å². The van der Waals surface area contributed by atoms with E-state index < -0.39 is 0 Å². The molecule has 160 valence electrons. The topological polar surface area (TPSA) is 42.9 Å². The highest BCUT2D eigenvalue weighted by Gasteiger charge is 2.20. The standard InChI is InChI=1S/C24H31N5.HI/c1-25-24(26-19-20-9-11-23(12-10-20)28-15-5-6-16-28)27-21-13-17-29(18-14-21)22-7-3-2-4-8-22;/h2-12,21H,13-19H2,1H3,(H2,25,26,27);1H. The predicted octanol–water partition coefficient (Wildman–Crippen LogP) is 4.01. The van der Waals surface area contributed by atoms with Crippen molar-refractivity contribution in [2.24, 2.45) is 4.99 Å². The minimum absolute atomic E-state index is 0. The zero-order chi connectivity index (χ0) is 19.9. The van der Waals surface area contributed by atoms with E-state index in [9.17, 15) is 0 Å². The van der Waals surface area contributed by atoms with Crippen LogP contribution in [0.2, 0.25) is 0 Å². The summed E-state index contributed by atoms with van der Waals surface area (Å²) in [5.41, 5.74) is 3.87. The molecule has 1 fully saturated rings. The number of nitrogens with one attached hydrogen (secondary N) is 2. The maximum absolute atomic E-state index is 4.42. The molecule has 0 aromatic heterocycles. The summed E-state index contributed by atoms with van der Waals surface area (Å²) in [6, 6.07) is 20.0. The van der Waals surface area contributed by atoms with E-state index in [1.807, 2.05) is 7.05 Å². The average molecular weight is 517 g/mol. The van der Waals surface area contributed by atoms with Crippen LogP contribution in [-0.2, 0) is 6.54 Å². The van der Waals surface area contributed by atoms with Gasteiger partial charge in [-0.1, -0.05) is 42.5 Å². The van der Waals surface area contributed by atoms with Gasteiger partial charge in [0.05, 0.1) is 0 Å². The first kappa shape index (κ1) is 22.5. The van der Waals surface area contributed by atoms with E-state index in [2.05, 4.69) is 92.2 Å². The smallest absolute Gasteiger partial charge is 0.191 e. The van der Waals surface area contributed by atoms with Gasteiger partial charge in [0, 0.05) is 57.2 Å². The van der Waals surface area contributed by atoms with Gasteiger partial charge in [0.25, 0.3) is 0 Å². The summed E-state index contributed by atoms with van der Waals surface area (Å²) >= 11 is 0. The van der Waals surface area contributed by atoms with Crippen LogP contribution in [-0.4, -0.2) is 45.2 Å². The summed E-state index contributed by atoms with van der Waals surface area (Å²) in [5, 5.41) is 7.06. The Morgan fingerprint density at radius 1 is 0.900 bits per heavy atom. The van der Waals surface area contributed by atoms with Crippen molar-refractivity contribution in [3.8, 4) is 0 Å². The zero-order valence-electron chi connectivity index (χ0n) is 17.6. The first-order chi connectivity index (χ1) is 14.3. The maximum Gasteiger partial charge on any atom is 0.191 e. The van der Waals surface area contributed by atoms with E-state index in [0.717, 1.165) is 51.5 Å². The van der Waals surface area contributed by atoms with Crippen molar-refractivity contribution >= 4 is 41.3 Å². The van der Waals surface area contributed by atoms with Crippen LogP contribution < -0.4 is 20.4 Å². The van der Waals surface area contributed by atoms with Crippen molar-refractivity contribution in [3.63, 3.8) is 0 Å². The molecule has 2 aromatic rings. The monoisotopic (exact) mass is 517 g/mol. The van der Waals surface area contributed by atoms with Crippen molar-refractivity contribution in [3.05, 3.63) is 72.3 Å². The molecule has 4 rings (SSSR count). The normalized spacial score (nSPS) is 17.0. The molecule has 0 radical (unpaired) electrons. The number of guanidine groups is 1. The molecule has 0 saturated carbocycles. The number of halogens is 1. The van der Waals surface area contributed by atoms with E-state index >= 15 is 0 Å². The van der Waals surface area contributed by atoms with Gasteiger partial charge in [-0.2, -0.15) is 0 Å². The van der Waals surface area contributed by atoms with E-state index in [1.54, 1.807) is 0 Å². The molecule has 2 N–H and O–H groups in total. The van der Waals surface area contributed by atoms with Crippen LogP contribution in [0.3, 0.4) is 0 Å². The van der Waals surface area contributed by atoms with Crippen LogP contribution in [0.1, 0.15) is 18.4 Å². The highest BCUT2D eigenvalue weighted by molar-refractivity contribution is 14.0. The lowest BCUT2D eigenvalue weighted by Gasteiger charge is -2.34. The van der Waals surface area contributed by atoms with E-state index in [1.165, 1.54) is 16.9 Å². The second kappa shape index (κ2) is 11.2. The van der Waals surface area contributed by atoms with E-state index in [4.69, 9.17) is 0 Å². The SMILES string of the molecule is CN=C(NCc1ccc(N2CC=CC2)cc1)NC1CCN(c2ccccc2)CC1.I. The number of hydrogen-bond donors (Lipinski definition) is 2. The van der Waals surface area contributed by atoms with Crippen molar-refractivity contribution in [2.75, 3.05) is 43.0 Å². The Balaban J connectivity index is 0.00000256.